The van der Waals surface area contributed by atoms with Gasteiger partial charge in [0.25, 0.3) is 0 Å². The van der Waals surface area contributed by atoms with Gasteiger partial charge in [-0.2, -0.15) is 0 Å². The Morgan fingerprint density at radius 2 is 2.08 bits per heavy atom. The fourth-order valence-corrected chi connectivity index (χ4v) is 3.82. The number of rotatable bonds is 9. The van der Waals surface area contributed by atoms with Crippen LogP contribution in [0, 0.1) is 5.92 Å². The molecule has 0 aliphatic carbocycles. The van der Waals surface area contributed by atoms with Crippen LogP contribution in [0.4, 0.5) is 0 Å². The van der Waals surface area contributed by atoms with E-state index in [0.29, 0.717) is 25.9 Å². The van der Waals surface area contributed by atoms with Crippen LogP contribution < -0.4 is 11.1 Å². The lowest BCUT2D eigenvalue weighted by atomic mass is 9.95. The average molecular weight is 503 g/mol. The highest BCUT2D eigenvalue weighted by atomic mass is 127. The third-order valence-corrected chi connectivity index (χ3v) is 6.24. The molecule has 0 saturated carbocycles. The molecule has 0 aromatic carbocycles. The van der Waals surface area contributed by atoms with Crippen LogP contribution in [-0.4, -0.2) is 75.0 Å². The van der Waals surface area contributed by atoms with Gasteiger partial charge in [0, 0.05) is 46.2 Å². The Labute approximate surface area is 175 Å². The number of primary amides is 1. The minimum atomic E-state index is -3.13. The predicted octanol–water partition coefficient (Wildman–Crippen LogP) is 0.829. The number of halogens is 1. The van der Waals surface area contributed by atoms with Crippen LogP contribution in [-0.2, 0) is 14.8 Å². The van der Waals surface area contributed by atoms with E-state index in [1.165, 1.54) is 4.31 Å². The Morgan fingerprint density at radius 3 is 2.65 bits per heavy atom. The Kier molecular flexibility index (Phi) is 12.4. The molecule has 1 saturated heterocycles. The summed E-state index contributed by atoms with van der Waals surface area (Å²) in [5.41, 5.74) is 5.32. The van der Waals surface area contributed by atoms with Crippen molar-refractivity contribution in [1.29, 1.82) is 0 Å². The zero-order chi connectivity index (χ0) is 18.9. The van der Waals surface area contributed by atoms with Gasteiger partial charge in [0.05, 0.1) is 5.75 Å². The number of hydrogen-bond donors (Lipinski definition) is 2. The molecule has 1 amide bonds. The number of nitrogens with one attached hydrogen (secondary N) is 1. The first-order chi connectivity index (χ1) is 11.8. The van der Waals surface area contributed by atoms with E-state index in [1.54, 1.807) is 14.0 Å². The van der Waals surface area contributed by atoms with Crippen LogP contribution in [0.15, 0.2) is 4.99 Å². The van der Waals surface area contributed by atoms with Crippen molar-refractivity contribution in [2.75, 3.05) is 45.5 Å². The molecular weight excluding hydrogens is 469 g/mol. The van der Waals surface area contributed by atoms with Gasteiger partial charge < -0.3 is 16.0 Å². The average Bonchev–Trinajstić information content (AvgIpc) is 2.57. The van der Waals surface area contributed by atoms with E-state index in [0.717, 1.165) is 38.4 Å². The molecule has 0 radical (unpaired) electrons. The number of piperidine rings is 1. The Hall–Kier alpha value is -0.620. The minimum absolute atomic E-state index is 0. The summed E-state index contributed by atoms with van der Waals surface area (Å²) in [6.07, 6.45) is 3.11. The lowest BCUT2D eigenvalue weighted by Crippen LogP contribution is -2.47. The molecule has 10 heteroatoms. The summed E-state index contributed by atoms with van der Waals surface area (Å²) >= 11 is 0. The van der Waals surface area contributed by atoms with Gasteiger partial charge in [-0.25, -0.2) is 12.7 Å². The van der Waals surface area contributed by atoms with Crippen LogP contribution in [0.25, 0.3) is 0 Å². The van der Waals surface area contributed by atoms with Gasteiger partial charge in [-0.05, 0) is 39.0 Å². The number of nitrogens with two attached hydrogens (primary N) is 1. The third-order valence-electron chi connectivity index (χ3n) is 4.38. The van der Waals surface area contributed by atoms with Crippen molar-refractivity contribution in [2.45, 2.75) is 39.5 Å². The van der Waals surface area contributed by atoms with E-state index in [9.17, 15) is 13.2 Å². The second kappa shape index (κ2) is 12.7. The van der Waals surface area contributed by atoms with Gasteiger partial charge >= 0.3 is 0 Å². The van der Waals surface area contributed by atoms with Gasteiger partial charge in [0.15, 0.2) is 5.96 Å². The summed E-state index contributed by atoms with van der Waals surface area (Å²) in [5.74, 6) is 0.965. The fraction of sp³-hybridized carbons (Fsp3) is 0.875. The molecule has 8 nitrogen and oxygen atoms in total. The number of amides is 1. The van der Waals surface area contributed by atoms with E-state index in [1.807, 2.05) is 6.92 Å². The normalized spacial score (nSPS) is 18.5. The number of hydrogen-bond acceptors (Lipinski definition) is 4. The van der Waals surface area contributed by atoms with Crippen molar-refractivity contribution in [3.8, 4) is 0 Å². The van der Waals surface area contributed by atoms with Crippen LogP contribution in [0.1, 0.15) is 39.5 Å². The van der Waals surface area contributed by atoms with E-state index < -0.39 is 10.0 Å². The van der Waals surface area contributed by atoms with Crippen molar-refractivity contribution in [3.05, 3.63) is 0 Å². The monoisotopic (exact) mass is 503 g/mol. The largest absolute Gasteiger partial charge is 0.370 e. The first kappa shape index (κ1) is 25.4. The summed E-state index contributed by atoms with van der Waals surface area (Å²) in [6.45, 7) is 7.13. The van der Waals surface area contributed by atoms with Crippen LogP contribution >= 0.6 is 24.0 Å². The van der Waals surface area contributed by atoms with E-state index in [4.69, 9.17) is 5.73 Å². The molecular formula is C16H34IN5O3S. The van der Waals surface area contributed by atoms with E-state index >= 15 is 0 Å². The number of sulfonamides is 1. The molecule has 26 heavy (non-hydrogen) atoms. The Bertz CT molecular complexity index is 556. The number of carbonyl (C=O) groups excluding carboxylic acids is 1. The molecule has 0 bridgehead atoms. The molecule has 0 spiro atoms. The SMILES string of the molecule is CCNC(=NCCCN(C)S(=O)(=O)CC)N1CCCC(CC(N)=O)C1.I. The smallest absolute Gasteiger partial charge is 0.217 e. The summed E-state index contributed by atoms with van der Waals surface area (Å²) in [6, 6.07) is 0. The van der Waals surface area contributed by atoms with Gasteiger partial charge in [0.2, 0.25) is 15.9 Å². The Balaban J connectivity index is 0.00000625. The van der Waals surface area contributed by atoms with Gasteiger partial charge in [-0.1, -0.05) is 0 Å². The van der Waals surface area contributed by atoms with E-state index in [2.05, 4.69) is 15.2 Å². The molecule has 154 valence electrons. The van der Waals surface area contributed by atoms with Gasteiger partial charge in [-0.3, -0.25) is 9.79 Å². The molecule has 1 atom stereocenters. The van der Waals surface area contributed by atoms with Crippen LogP contribution in [0.3, 0.4) is 0 Å². The molecule has 0 aromatic rings. The highest BCUT2D eigenvalue weighted by molar-refractivity contribution is 14.0. The highest BCUT2D eigenvalue weighted by Gasteiger charge is 2.23. The van der Waals surface area contributed by atoms with E-state index in [-0.39, 0.29) is 41.6 Å². The number of nitrogens with zero attached hydrogens (tertiary/aromatic N) is 3. The molecule has 1 heterocycles. The van der Waals surface area contributed by atoms with Crippen molar-refractivity contribution in [2.24, 2.45) is 16.6 Å². The molecule has 3 N–H and O–H groups in total. The third kappa shape index (κ3) is 8.85. The highest BCUT2D eigenvalue weighted by Crippen LogP contribution is 2.19. The quantitative estimate of drug-likeness (QED) is 0.210. The van der Waals surface area contributed by atoms with Crippen molar-refractivity contribution in [1.82, 2.24) is 14.5 Å². The molecule has 1 unspecified atom stereocenters. The maximum absolute atomic E-state index is 11.7. The number of guanidine groups is 1. The summed E-state index contributed by atoms with van der Waals surface area (Å²) in [4.78, 5) is 18.0. The maximum atomic E-state index is 11.7. The maximum Gasteiger partial charge on any atom is 0.217 e. The molecule has 1 fully saturated rings. The molecule has 1 rings (SSSR count). The molecule has 1 aliphatic heterocycles. The first-order valence-corrected chi connectivity index (χ1v) is 10.7. The summed E-state index contributed by atoms with van der Waals surface area (Å²) in [7, 11) is -1.53. The lowest BCUT2D eigenvalue weighted by Gasteiger charge is -2.34. The number of aliphatic imine (C=N–C) groups is 1. The molecule has 1 aliphatic rings. The lowest BCUT2D eigenvalue weighted by molar-refractivity contribution is -0.119. The van der Waals surface area contributed by atoms with Crippen molar-refractivity contribution >= 4 is 45.9 Å². The topological polar surface area (TPSA) is 108 Å². The van der Waals surface area contributed by atoms with Gasteiger partial charge in [-0.15, -0.1) is 24.0 Å². The number of carbonyl (C=O) groups is 1. The number of likely N-dealkylation sites (tertiary alicyclic amines) is 1. The second-order valence-electron chi connectivity index (χ2n) is 6.44. The second-order valence-corrected chi connectivity index (χ2v) is 8.80. The fourth-order valence-electron chi connectivity index (χ4n) is 2.97. The standard InChI is InChI=1S/C16H33N5O3S.HI/c1-4-18-16(19-9-7-10-20(3)25(23,24)5-2)21-11-6-8-14(13-21)12-15(17)22;/h14H,4-13H2,1-3H3,(H2,17,22)(H,18,19);1H. The predicted molar refractivity (Wildman–Crippen MR) is 116 cm³/mol. The van der Waals surface area contributed by atoms with Crippen molar-refractivity contribution in [3.63, 3.8) is 0 Å². The molecule has 0 aromatic heterocycles. The first-order valence-electron chi connectivity index (χ1n) is 9.05. The van der Waals surface area contributed by atoms with Crippen LogP contribution in [0.5, 0.6) is 0 Å². The zero-order valence-corrected chi connectivity index (χ0v) is 19.3. The zero-order valence-electron chi connectivity index (χ0n) is 16.1. The Morgan fingerprint density at radius 1 is 1.38 bits per heavy atom. The van der Waals surface area contributed by atoms with Crippen molar-refractivity contribution < 1.29 is 13.2 Å². The summed E-state index contributed by atoms with van der Waals surface area (Å²) in [5, 5.41) is 3.28. The van der Waals surface area contributed by atoms with Gasteiger partial charge in [0.1, 0.15) is 0 Å². The van der Waals surface area contributed by atoms with Crippen LogP contribution in [0.2, 0.25) is 0 Å². The summed E-state index contributed by atoms with van der Waals surface area (Å²) < 4.78 is 24.9. The minimum Gasteiger partial charge on any atom is -0.370 e.